The van der Waals surface area contributed by atoms with E-state index in [1.54, 1.807) is 6.07 Å². The van der Waals surface area contributed by atoms with E-state index in [-0.39, 0.29) is 17.4 Å². The molecule has 1 aromatic carbocycles. The van der Waals surface area contributed by atoms with Gasteiger partial charge in [-0.2, -0.15) is 0 Å². The Bertz CT molecular complexity index is 363. The number of phenols is 2. The lowest BCUT2D eigenvalue weighted by molar-refractivity contribution is -0.121. The number of nitrogens with one attached hydrogen (secondary N) is 1. The lowest BCUT2D eigenvalue weighted by atomic mass is 10.2. The predicted molar refractivity (Wildman–Crippen MR) is 61.1 cm³/mol. The van der Waals surface area contributed by atoms with Crippen LogP contribution in [0.25, 0.3) is 0 Å². The van der Waals surface area contributed by atoms with Gasteiger partial charge in [0.2, 0.25) is 5.91 Å². The topological polar surface area (TPSA) is 69.6 Å². The van der Waals surface area contributed by atoms with E-state index >= 15 is 0 Å². The van der Waals surface area contributed by atoms with Gasteiger partial charge in [-0.15, -0.1) is 0 Å². The molecule has 4 heteroatoms. The lowest BCUT2D eigenvalue weighted by Crippen LogP contribution is -2.22. The van der Waals surface area contributed by atoms with Crippen molar-refractivity contribution in [1.82, 2.24) is 5.32 Å². The van der Waals surface area contributed by atoms with E-state index in [2.05, 4.69) is 5.32 Å². The van der Waals surface area contributed by atoms with Crippen LogP contribution in [0.2, 0.25) is 0 Å². The van der Waals surface area contributed by atoms with Crippen LogP contribution in [0.1, 0.15) is 31.7 Å². The van der Waals surface area contributed by atoms with Crippen molar-refractivity contribution >= 4 is 5.91 Å². The minimum atomic E-state index is -0.166. The molecule has 0 saturated carbocycles. The van der Waals surface area contributed by atoms with Crippen LogP contribution in [0.3, 0.4) is 0 Å². The van der Waals surface area contributed by atoms with E-state index in [4.69, 9.17) is 5.11 Å². The van der Waals surface area contributed by atoms with Gasteiger partial charge in [-0.1, -0.05) is 19.4 Å². The molecule has 3 N–H and O–H groups in total. The summed E-state index contributed by atoms with van der Waals surface area (Å²) in [7, 11) is 0. The molecule has 0 radical (unpaired) electrons. The van der Waals surface area contributed by atoms with Crippen LogP contribution in [-0.4, -0.2) is 16.1 Å². The first-order valence-electron chi connectivity index (χ1n) is 5.41. The summed E-state index contributed by atoms with van der Waals surface area (Å²) in [5, 5.41) is 21.1. The maximum absolute atomic E-state index is 11.3. The van der Waals surface area contributed by atoms with Gasteiger partial charge < -0.3 is 15.5 Å². The molecule has 0 atom stereocenters. The molecule has 0 bridgehead atoms. The number of unbranched alkanes of at least 4 members (excludes halogenated alkanes) is 1. The number of hydrogen-bond acceptors (Lipinski definition) is 3. The zero-order valence-corrected chi connectivity index (χ0v) is 9.36. The Morgan fingerprint density at radius 2 is 2.06 bits per heavy atom. The highest BCUT2D eigenvalue weighted by molar-refractivity contribution is 5.75. The molecule has 4 nitrogen and oxygen atoms in total. The number of phenolic OH excluding ortho intramolecular Hbond substituents is 2. The molecule has 0 aromatic heterocycles. The summed E-state index contributed by atoms with van der Waals surface area (Å²) < 4.78 is 0. The summed E-state index contributed by atoms with van der Waals surface area (Å²) in [6.07, 6.45) is 2.40. The molecule has 1 rings (SSSR count). The zero-order chi connectivity index (χ0) is 12.0. The monoisotopic (exact) mass is 223 g/mol. The van der Waals surface area contributed by atoms with E-state index in [9.17, 15) is 9.90 Å². The molecule has 0 aliphatic heterocycles. The van der Waals surface area contributed by atoms with Gasteiger partial charge in [0, 0.05) is 13.0 Å². The lowest BCUT2D eigenvalue weighted by Gasteiger charge is -2.06. The number of carbonyl (C=O) groups is 1. The van der Waals surface area contributed by atoms with Crippen molar-refractivity contribution in [2.45, 2.75) is 32.7 Å². The molecule has 0 heterocycles. The number of hydrogen-bond donors (Lipinski definition) is 3. The first-order valence-corrected chi connectivity index (χ1v) is 5.41. The third kappa shape index (κ3) is 3.81. The van der Waals surface area contributed by atoms with Crippen molar-refractivity contribution in [3.8, 4) is 11.5 Å². The van der Waals surface area contributed by atoms with Crippen LogP contribution < -0.4 is 5.32 Å². The van der Waals surface area contributed by atoms with Crippen LogP contribution in [0.15, 0.2) is 18.2 Å². The van der Waals surface area contributed by atoms with Gasteiger partial charge in [0.1, 0.15) is 0 Å². The van der Waals surface area contributed by atoms with Gasteiger partial charge in [-0.05, 0) is 24.1 Å². The second kappa shape index (κ2) is 6.00. The maximum Gasteiger partial charge on any atom is 0.220 e. The first-order chi connectivity index (χ1) is 7.63. The highest BCUT2D eigenvalue weighted by atomic mass is 16.3. The molecule has 0 aliphatic carbocycles. The fourth-order valence-corrected chi connectivity index (χ4v) is 1.31. The number of rotatable bonds is 5. The van der Waals surface area contributed by atoms with Crippen molar-refractivity contribution < 1.29 is 15.0 Å². The van der Waals surface area contributed by atoms with Gasteiger partial charge in [-0.3, -0.25) is 4.79 Å². The number of aromatic hydroxyl groups is 2. The predicted octanol–water partition coefficient (Wildman–Crippen LogP) is 1.90. The Morgan fingerprint density at radius 3 is 2.69 bits per heavy atom. The van der Waals surface area contributed by atoms with E-state index in [1.807, 2.05) is 6.92 Å². The molecule has 0 unspecified atom stereocenters. The van der Waals surface area contributed by atoms with Gasteiger partial charge in [0.05, 0.1) is 0 Å². The Balaban J connectivity index is 2.42. The summed E-state index contributed by atoms with van der Waals surface area (Å²) in [6, 6.07) is 4.51. The van der Waals surface area contributed by atoms with Crippen LogP contribution in [0.4, 0.5) is 0 Å². The van der Waals surface area contributed by atoms with Crippen molar-refractivity contribution in [3.63, 3.8) is 0 Å². The maximum atomic E-state index is 11.3. The zero-order valence-electron chi connectivity index (χ0n) is 9.36. The largest absolute Gasteiger partial charge is 0.504 e. The summed E-state index contributed by atoms with van der Waals surface area (Å²) in [4.78, 5) is 11.3. The van der Waals surface area contributed by atoms with E-state index in [0.717, 1.165) is 18.4 Å². The van der Waals surface area contributed by atoms with E-state index in [0.29, 0.717) is 13.0 Å². The van der Waals surface area contributed by atoms with Gasteiger partial charge in [-0.25, -0.2) is 0 Å². The molecule has 1 amide bonds. The third-order valence-corrected chi connectivity index (χ3v) is 2.29. The minimum Gasteiger partial charge on any atom is -0.504 e. The molecular weight excluding hydrogens is 206 g/mol. The highest BCUT2D eigenvalue weighted by Crippen LogP contribution is 2.24. The molecular formula is C12H17NO3. The van der Waals surface area contributed by atoms with E-state index < -0.39 is 0 Å². The van der Waals surface area contributed by atoms with Crippen molar-refractivity contribution in [2.75, 3.05) is 0 Å². The summed E-state index contributed by atoms with van der Waals surface area (Å²) in [5.74, 6) is -0.309. The van der Waals surface area contributed by atoms with Crippen molar-refractivity contribution in [1.29, 1.82) is 0 Å². The minimum absolute atomic E-state index is 0.00872. The number of amides is 1. The highest BCUT2D eigenvalue weighted by Gasteiger charge is 2.03. The Hall–Kier alpha value is -1.71. The van der Waals surface area contributed by atoms with Crippen molar-refractivity contribution in [3.05, 3.63) is 23.8 Å². The first kappa shape index (κ1) is 12.4. The normalized spacial score (nSPS) is 10.1. The molecule has 1 aromatic rings. The molecule has 0 spiro atoms. The van der Waals surface area contributed by atoms with E-state index in [1.165, 1.54) is 12.1 Å². The van der Waals surface area contributed by atoms with Crippen LogP contribution in [-0.2, 0) is 11.3 Å². The summed E-state index contributed by atoms with van der Waals surface area (Å²) >= 11 is 0. The van der Waals surface area contributed by atoms with Crippen molar-refractivity contribution in [2.24, 2.45) is 0 Å². The SMILES string of the molecule is CCCCC(=O)NCc1ccc(O)c(O)c1. The second-order valence-corrected chi connectivity index (χ2v) is 3.70. The average molecular weight is 223 g/mol. The standard InChI is InChI=1S/C12H17NO3/c1-2-3-4-12(16)13-8-9-5-6-10(14)11(15)7-9/h5-7,14-15H,2-4,8H2,1H3,(H,13,16). The quantitative estimate of drug-likeness (QED) is 0.668. The molecule has 88 valence electrons. The Morgan fingerprint density at radius 1 is 1.31 bits per heavy atom. The van der Waals surface area contributed by atoms with Crippen LogP contribution in [0, 0.1) is 0 Å². The number of benzene rings is 1. The van der Waals surface area contributed by atoms with Gasteiger partial charge in [0.15, 0.2) is 11.5 Å². The van der Waals surface area contributed by atoms with Crippen LogP contribution >= 0.6 is 0 Å². The third-order valence-electron chi connectivity index (χ3n) is 2.29. The molecule has 0 saturated heterocycles. The fourth-order valence-electron chi connectivity index (χ4n) is 1.31. The van der Waals surface area contributed by atoms with Gasteiger partial charge >= 0.3 is 0 Å². The fraction of sp³-hybridized carbons (Fsp3) is 0.417. The smallest absolute Gasteiger partial charge is 0.220 e. The Kier molecular flexibility index (Phi) is 4.64. The van der Waals surface area contributed by atoms with Gasteiger partial charge in [0.25, 0.3) is 0 Å². The Labute approximate surface area is 94.9 Å². The average Bonchev–Trinajstić information content (AvgIpc) is 2.28. The summed E-state index contributed by atoms with van der Waals surface area (Å²) in [5.41, 5.74) is 0.764. The number of carbonyl (C=O) groups excluding carboxylic acids is 1. The summed E-state index contributed by atoms with van der Waals surface area (Å²) in [6.45, 7) is 2.40. The molecule has 0 fully saturated rings. The molecule has 16 heavy (non-hydrogen) atoms. The molecule has 0 aliphatic rings. The second-order valence-electron chi connectivity index (χ2n) is 3.70. The van der Waals surface area contributed by atoms with Crippen LogP contribution in [0.5, 0.6) is 11.5 Å².